The Kier molecular flexibility index (Phi) is 5.92. The summed E-state index contributed by atoms with van der Waals surface area (Å²) in [6.45, 7) is 5.36. The highest BCUT2D eigenvalue weighted by Gasteiger charge is 2.34. The summed E-state index contributed by atoms with van der Waals surface area (Å²) in [5, 5.41) is 3.24. The summed E-state index contributed by atoms with van der Waals surface area (Å²) in [5.41, 5.74) is -0.0695. The Balaban J connectivity index is 2.26. The summed E-state index contributed by atoms with van der Waals surface area (Å²) in [5.74, 6) is 0. The van der Waals surface area contributed by atoms with Gasteiger partial charge in [0.05, 0.1) is 5.60 Å². The quantitative estimate of drug-likeness (QED) is 0.742. The van der Waals surface area contributed by atoms with Crippen molar-refractivity contribution in [1.29, 1.82) is 0 Å². The van der Waals surface area contributed by atoms with Crippen molar-refractivity contribution in [2.45, 2.75) is 70.2 Å². The van der Waals surface area contributed by atoms with Gasteiger partial charge in [0, 0.05) is 19.1 Å². The van der Waals surface area contributed by atoms with Gasteiger partial charge >= 0.3 is 6.18 Å². The van der Waals surface area contributed by atoms with Crippen molar-refractivity contribution in [3.05, 3.63) is 0 Å². The second kappa shape index (κ2) is 6.75. The van der Waals surface area contributed by atoms with Crippen LogP contribution in [0.15, 0.2) is 0 Å². The highest BCUT2D eigenvalue weighted by atomic mass is 19.4. The van der Waals surface area contributed by atoms with Crippen LogP contribution in [0.5, 0.6) is 0 Å². The van der Waals surface area contributed by atoms with Crippen LogP contribution in [0.1, 0.15) is 52.4 Å². The van der Waals surface area contributed by atoms with E-state index in [0.717, 1.165) is 25.7 Å². The van der Waals surface area contributed by atoms with Crippen LogP contribution in [-0.2, 0) is 4.74 Å². The second-order valence-corrected chi connectivity index (χ2v) is 5.10. The molecule has 1 aliphatic heterocycles. The van der Waals surface area contributed by atoms with Gasteiger partial charge in [-0.2, -0.15) is 13.2 Å². The van der Waals surface area contributed by atoms with Gasteiger partial charge in [0.1, 0.15) is 0 Å². The van der Waals surface area contributed by atoms with Crippen molar-refractivity contribution >= 4 is 0 Å². The summed E-state index contributed by atoms with van der Waals surface area (Å²) in [7, 11) is 0. The molecule has 1 aliphatic rings. The third-order valence-corrected chi connectivity index (χ3v) is 3.85. The Morgan fingerprint density at radius 3 is 2.50 bits per heavy atom. The van der Waals surface area contributed by atoms with E-state index < -0.39 is 12.6 Å². The van der Waals surface area contributed by atoms with Gasteiger partial charge in [0.2, 0.25) is 0 Å². The first-order valence-corrected chi connectivity index (χ1v) is 6.85. The predicted molar refractivity (Wildman–Crippen MR) is 65.6 cm³/mol. The van der Waals surface area contributed by atoms with E-state index in [0.29, 0.717) is 19.2 Å². The van der Waals surface area contributed by atoms with Crippen LogP contribution in [0.3, 0.4) is 0 Å². The predicted octanol–water partition coefficient (Wildman–Crippen LogP) is 3.66. The topological polar surface area (TPSA) is 21.3 Å². The van der Waals surface area contributed by atoms with Crippen LogP contribution in [0, 0.1) is 0 Å². The van der Waals surface area contributed by atoms with Crippen LogP contribution >= 0.6 is 0 Å². The third kappa shape index (κ3) is 5.14. The van der Waals surface area contributed by atoms with Gasteiger partial charge < -0.3 is 10.1 Å². The molecular weight excluding hydrogens is 243 g/mol. The number of alkyl halides is 3. The number of hydrogen-bond acceptors (Lipinski definition) is 2. The fourth-order valence-electron chi connectivity index (χ4n) is 2.54. The average Bonchev–Trinajstić information content (AvgIpc) is 2.34. The standard InChI is InChI=1S/C13H24F3NO/c1-3-12(4-2)10-11(6-9-18-12)17-8-5-7-13(14,15)16/h11,17H,3-10H2,1-2H3. The van der Waals surface area contributed by atoms with E-state index >= 15 is 0 Å². The zero-order chi connectivity index (χ0) is 13.6. The van der Waals surface area contributed by atoms with E-state index in [4.69, 9.17) is 4.74 Å². The van der Waals surface area contributed by atoms with Gasteiger partial charge in [0.25, 0.3) is 0 Å². The van der Waals surface area contributed by atoms with Crippen molar-refractivity contribution in [1.82, 2.24) is 5.32 Å². The maximum Gasteiger partial charge on any atom is 0.389 e. The van der Waals surface area contributed by atoms with Crippen LogP contribution < -0.4 is 5.32 Å². The summed E-state index contributed by atoms with van der Waals surface area (Å²) in [6, 6.07) is 0.298. The van der Waals surface area contributed by atoms with Crippen LogP contribution in [0.25, 0.3) is 0 Å². The van der Waals surface area contributed by atoms with Gasteiger partial charge in [0.15, 0.2) is 0 Å². The molecule has 1 rings (SSSR count). The van der Waals surface area contributed by atoms with Gasteiger partial charge in [-0.3, -0.25) is 0 Å². The lowest BCUT2D eigenvalue weighted by Crippen LogP contribution is -2.46. The Morgan fingerprint density at radius 2 is 1.94 bits per heavy atom. The minimum absolute atomic E-state index is 0.0695. The Bertz CT molecular complexity index is 239. The molecule has 18 heavy (non-hydrogen) atoms. The highest BCUT2D eigenvalue weighted by molar-refractivity contribution is 4.88. The van der Waals surface area contributed by atoms with Crippen molar-refractivity contribution in [2.24, 2.45) is 0 Å². The number of rotatable bonds is 6. The molecular formula is C13H24F3NO. The van der Waals surface area contributed by atoms with Crippen molar-refractivity contribution in [3.8, 4) is 0 Å². The smallest absolute Gasteiger partial charge is 0.375 e. The summed E-state index contributed by atoms with van der Waals surface area (Å²) in [6.07, 6.45) is -0.843. The monoisotopic (exact) mass is 267 g/mol. The molecule has 1 saturated heterocycles. The molecule has 0 aliphatic carbocycles. The Hall–Kier alpha value is -0.290. The van der Waals surface area contributed by atoms with Gasteiger partial charge in [-0.25, -0.2) is 0 Å². The molecule has 1 fully saturated rings. The minimum Gasteiger partial charge on any atom is -0.375 e. The number of nitrogens with one attached hydrogen (secondary N) is 1. The molecule has 1 unspecified atom stereocenters. The van der Waals surface area contributed by atoms with Crippen molar-refractivity contribution in [2.75, 3.05) is 13.2 Å². The van der Waals surface area contributed by atoms with Crippen molar-refractivity contribution in [3.63, 3.8) is 0 Å². The number of halogens is 3. The molecule has 0 spiro atoms. The van der Waals surface area contributed by atoms with E-state index in [1.54, 1.807) is 0 Å². The minimum atomic E-state index is -4.03. The maximum atomic E-state index is 12.0. The lowest BCUT2D eigenvalue weighted by atomic mass is 9.86. The molecule has 0 radical (unpaired) electrons. The summed E-state index contributed by atoms with van der Waals surface area (Å²) >= 11 is 0. The molecule has 0 amide bonds. The van der Waals surface area contributed by atoms with Gasteiger partial charge in [-0.15, -0.1) is 0 Å². The van der Waals surface area contributed by atoms with E-state index in [9.17, 15) is 13.2 Å². The fraction of sp³-hybridized carbons (Fsp3) is 1.00. The maximum absolute atomic E-state index is 12.0. The molecule has 2 nitrogen and oxygen atoms in total. The Morgan fingerprint density at radius 1 is 1.28 bits per heavy atom. The van der Waals surface area contributed by atoms with E-state index in [2.05, 4.69) is 19.2 Å². The fourth-order valence-corrected chi connectivity index (χ4v) is 2.54. The molecule has 108 valence electrons. The summed E-state index contributed by atoms with van der Waals surface area (Å²) < 4.78 is 41.9. The van der Waals surface area contributed by atoms with Crippen LogP contribution in [-0.4, -0.2) is 31.0 Å². The molecule has 0 aromatic rings. The first-order chi connectivity index (χ1) is 8.41. The lowest BCUT2D eigenvalue weighted by molar-refractivity contribution is -0.135. The molecule has 1 N–H and O–H groups in total. The zero-order valence-electron chi connectivity index (χ0n) is 11.3. The molecule has 0 aromatic heterocycles. The van der Waals surface area contributed by atoms with Crippen LogP contribution in [0.4, 0.5) is 13.2 Å². The molecule has 0 bridgehead atoms. The zero-order valence-corrected chi connectivity index (χ0v) is 11.3. The third-order valence-electron chi connectivity index (χ3n) is 3.85. The van der Waals surface area contributed by atoms with Gasteiger partial charge in [-0.05, 0) is 38.6 Å². The molecule has 0 aromatic carbocycles. The van der Waals surface area contributed by atoms with E-state index in [1.807, 2.05) is 0 Å². The highest BCUT2D eigenvalue weighted by Crippen LogP contribution is 2.31. The molecule has 1 atom stereocenters. The second-order valence-electron chi connectivity index (χ2n) is 5.10. The van der Waals surface area contributed by atoms with Gasteiger partial charge in [-0.1, -0.05) is 13.8 Å². The first kappa shape index (κ1) is 15.8. The first-order valence-electron chi connectivity index (χ1n) is 6.85. The lowest BCUT2D eigenvalue weighted by Gasteiger charge is -2.40. The summed E-state index contributed by atoms with van der Waals surface area (Å²) in [4.78, 5) is 0. The molecule has 1 heterocycles. The SMILES string of the molecule is CCC1(CC)CC(NCCCC(F)(F)F)CCO1. The molecule has 0 saturated carbocycles. The number of hydrogen-bond donors (Lipinski definition) is 1. The largest absolute Gasteiger partial charge is 0.389 e. The van der Waals surface area contributed by atoms with Crippen molar-refractivity contribution < 1.29 is 17.9 Å². The van der Waals surface area contributed by atoms with E-state index in [1.165, 1.54) is 0 Å². The normalized spacial score (nSPS) is 24.2. The number of ether oxygens (including phenoxy) is 1. The van der Waals surface area contributed by atoms with E-state index in [-0.39, 0.29) is 12.0 Å². The van der Waals surface area contributed by atoms with Crippen LogP contribution in [0.2, 0.25) is 0 Å². The molecule has 5 heteroatoms. The average molecular weight is 267 g/mol. The Labute approximate surface area is 107 Å².